The number of nitrogens with zero attached hydrogens (tertiary/aromatic N) is 5. The minimum Gasteiger partial charge on any atom is -0.494 e. The van der Waals surface area contributed by atoms with E-state index in [2.05, 4.69) is 30.9 Å². The number of aromatic nitrogens is 5. The monoisotopic (exact) mass is 483 g/mol. The maximum atomic E-state index is 12.7. The van der Waals surface area contributed by atoms with Crippen LogP contribution in [0, 0.1) is 0 Å². The third-order valence-corrected chi connectivity index (χ3v) is 4.67. The topological polar surface area (TPSA) is 124 Å². The van der Waals surface area contributed by atoms with Crippen molar-refractivity contribution < 1.29 is 27.5 Å². The Morgan fingerprint density at radius 1 is 1.03 bits per heavy atom. The van der Waals surface area contributed by atoms with Gasteiger partial charge in [0.05, 0.1) is 30.1 Å². The largest absolute Gasteiger partial charge is 0.494 e. The predicted octanol–water partition coefficient (Wildman–Crippen LogP) is 3.59. The summed E-state index contributed by atoms with van der Waals surface area (Å²) >= 11 is 0. The minimum absolute atomic E-state index is 0.0555. The van der Waals surface area contributed by atoms with Crippen LogP contribution in [0.2, 0.25) is 0 Å². The van der Waals surface area contributed by atoms with Gasteiger partial charge in [0, 0.05) is 30.3 Å². The molecule has 3 heterocycles. The molecule has 0 aliphatic heterocycles. The fourth-order valence-electron chi connectivity index (χ4n) is 2.93. The number of nitrogens with one attached hydrogen (secondary N) is 2. The fraction of sp³-hybridized carbons (Fsp3) is 0.0909. The number of amides is 2. The molecule has 0 saturated heterocycles. The van der Waals surface area contributed by atoms with Gasteiger partial charge in [-0.15, -0.1) is 5.10 Å². The van der Waals surface area contributed by atoms with Gasteiger partial charge in [-0.25, -0.2) is 9.67 Å². The van der Waals surface area contributed by atoms with Crippen LogP contribution in [0.5, 0.6) is 5.75 Å². The van der Waals surface area contributed by atoms with Crippen LogP contribution in [0.3, 0.4) is 0 Å². The van der Waals surface area contributed by atoms with E-state index in [9.17, 15) is 22.8 Å². The van der Waals surface area contributed by atoms with Crippen molar-refractivity contribution in [2.24, 2.45) is 0 Å². The van der Waals surface area contributed by atoms with Crippen molar-refractivity contribution in [3.8, 4) is 11.6 Å². The van der Waals surface area contributed by atoms with Gasteiger partial charge in [0.15, 0.2) is 11.5 Å². The highest BCUT2D eigenvalue weighted by Crippen LogP contribution is 2.29. The second kappa shape index (κ2) is 9.59. The van der Waals surface area contributed by atoms with Crippen LogP contribution in [-0.4, -0.2) is 43.9 Å². The number of rotatable bonds is 6. The summed E-state index contributed by atoms with van der Waals surface area (Å²) in [4.78, 5) is 32.5. The normalized spacial score (nSPS) is 11.1. The molecule has 0 saturated carbocycles. The average Bonchev–Trinajstić information content (AvgIpc) is 3.35. The molecule has 35 heavy (non-hydrogen) atoms. The summed E-state index contributed by atoms with van der Waals surface area (Å²) in [6.07, 6.45) is 0.344. The molecule has 0 spiro atoms. The molecule has 10 nitrogen and oxygen atoms in total. The Kier molecular flexibility index (Phi) is 6.40. The van der Waals surface area contributed by atoms with Crippen molar-refractivity contribution in [3.05, 3.63) is 84.1 Å². The summed E-state index contributed by atoms with van der Waals surface area (Å²) in [6, 6.07) is 9.80. The van der Waals surface area contributed by atoms with Crippen molar-refractivity contribution in [1.29, 1.82) is 0 Å². The van der Waals surface area contributed by atoms with E-state index in [-0.39, 0.29) is 23.2 Å². The van der Waals surface area contributed by atoms with E-state index < -0.39 is 17.6 Å². The number of pyridine rings is 2. The van der Waals surface area contributed by atoms with Gasteiger partial charge in [0.1, 0.15) is 5.75 Å². The molecule has 4 aromatic rings. The molecule has 2 N–H and O–H groups in total. The first kappa shape index (κ1) is 23.4. The minimum atomic E-state index is -4.52. The van der Waals surface area contributed by atoms with Gasteiger partial charge in [0.2, 0.25) is 0 Å². The van der Waals surface area contributed by atoms with Gasteiger partial charge in [-0.05, 0) is 36.4 Å². The summed E-state index contributed by atoms with van der Waals surface area (Å²) in [5, 5.41) is 12.8. The maximum Gasteiger partial charge on any atom is 0.417 e. The number of anilines is 2. The second-order valence-electron chi connectivity index (χ2n) is 7.02. The highest BCUT2D eigenvalue weighted by Gasteiger charge is 2.30. The van der Waals surface area contributed by atoms with E-state index in [1.165, 1.54) is 25.6 Å². The van der Waals surface area contributed by atoms with Gasteiger partial charge in [0.25, 0.3) is 11.8 Å². The lowest BCUT2D eigenvalue weighted by Gasteiger charge is -2.12. The van der Waals surface area contributed by atoms with Crippen molar-refractivity contribution in [2.75, 3.05) is 17.7 Å². The average molecular weight is 483 g/mol. The molecule has 13 heteroatoms. The molecule has 1 aromatic carbocycles. The smallest absolute Gasteiger partial charge is 0.417 e. The number of methoxy groups -OCH3 is 1. The number of ether oxygens (including phenoxy) is 1. The number of hydrogen-bond donors (Lipinski definition) is 2. The summed E-state index contributed by atoms with van der Waals surface area (Å²) in [6.45, 7) is 0. The van der Waals surface area contributed by atoms with Gasteiger partial charge in [-0.2, -0.15) is 13.2 Å². The first-order chi connectivity index (χ1) is 16.7. The molecular formula is C22H16F3N7O3. The van der Waals surface area contributed by atoms with Gasteiger partial charge in [-0.3, -0.25) is 14.6 Å². The Bertz CT molecular complexity index is 1360. The maximum absolute atomic E-state index is 12.7. The Morgan fingerprint density at radius 2 is 1.86 bits per heavy atom. The van der Waals surface area contributed by atoms with Crippen molar-refractivity contribution in [1.82, 2.24) is 25.0 Å². The molecule has 2 amide bonds. The lowest BCUT2D eigenvalue weighted by Crippen LogP contribution is -2.14. The molecule has 0 atom stereocenters. The zero-order chi connectivity index (χ0) is 25.0. The quantitative estimate of drug-likeness (QED) is 0.430. The number of hydrogen-bond acceptors (Lipinski definition) is 7. The molecular weight excluding hydrogens is 467 g/mol. The van der Waals surface area contributed by atoms with Gasteiger partial charge < -0.3 is 15.4 Å². The zero-order valence-electron chi connectivity index (χ0n) is 17.9. The van der Waals surface area contributed by atoms with E-state index in [0.29, 0.717) is 23.1 Å². The Labute approximate surface area is 195 Å². The van der Waals surface area contributed by atoms with Crippen molar-refractivity contribution in [2.45, 2.75) is 6.18 Å². The first-order valence-electron chi connectivity index (χ1n) is 9.91. The first-order valence-corrected chi connectivity index (χ1v) is 9.91. The number of carbonyl (C=O) groups is 2. The standard InChI is InChI=1S/C22H16F3N7O3/c1-35-18-9-15(5-6-16(18)29-20(33)13-3-2-8-26-10-13)28-21(34)17-12-32(31-30-17)19-7-4-14(11-27-19)22(23,24)25/h2-12H,1H3,(H,28,34)(H,29,33). The molecule has 0 fully saturated rings. The summed E-state index contributed by atoms with van der Waals surface area (Å²) in [5.74, 6) is -0.670. The lowest BCUT2D eigenvalue weighted by molar-refractivity contribution is -0.137. The van der Waals surface area contributed by atoms with E-state index in [4.69, 9.17) is 4.74 Å². The van der Waals surface area contributed by atoms with E-state index >= 15 is 0 Å². The number of carbonyl (C=O) groups excluding carboxylic acids is 2. The Hall–Kier alpha value is -4.81. The second-order valence-corrected chi connectivity index (χ2v) is 7.02. The zero-order valence-corrected chi connectivity index (χ0v) is 17.9. The summed E-state index contributed by atoms with van der Waals surface area (Å²) in [5.41, 5.74) is 0.0673. The number of alkyl halides is 3. The highest BCUT2D eigenvalue weighted by atomic mass is 19.4. The summed E-state index contributed by atoms with van der Waals surface area (Å²) < 4.78 is 44.5. The molecule has 0 aliphatic rings. The van der Waals surface area contributed by atoms with Crippen LogP contribution >= 0.6 is 0 Å². The molecule has 178 valence electrons. The van der Waals surface area contributed by atoms with Crippen LogP contribution in [0.25, 0.3) is 5.82 Å². The number of halogens is 3. The SMILES string of the molecule is COc1cc(NC(=O)c2cn(-c3ccc(C(F)(F)F)cn3)nn2)ccc1NC(=O)c1cccnc1. The van der Waals surface area contributed by atoms with Crippen LogP contribution in [0.4, 0.5) is 24.5 Å². The van der Waals surface area contributed by atoms with Crippen LogP contribution < -0.4 is 15.4 Å². The third-order valence-electron chi connectivity index (χ3n) is 4.67. The van der Waals surface area contributed by atoms with Crippen LogP contribution in [0.15, 0.2) is 67.3 Å². The fourth-order valence-corrected chi connectivity index (χ4v) is 2.93. The lowest BCUT2D eigenvalue weighted by atomic mass is 10.2. The van der Waals surface area contributed by atoms with Crippen LogP contribution in [0.1, 0.15) is 26.4 Å². The van der Waals surface area contributed by atoms with Gasteiger partial charge in [-0.1, -0.05) is 5.21 Å². The van der Waals surface area contributed by atoms with Gasteiger partial charge >= 0.3 is 6.18 Å². The van der Waals surface area contributed by atoms with E-state index in [1.807, 2.05) is 0 Å². The molecule has 0 bridgehead atoms. The molecule has 0 unspecified atom stereocenters. The third kappa shape index (κ3) is 5.40. The van der Waals surface area contributed by atoms with Crippen molar-refractivity contribution in [3.63, 3.8) is 0 Å². The highest BCUT2D eigenvalue weighted by molar-refractivity contribution is 6.06. The summed E-state index contributed by atoms with van der Waals surface area (Å²) in [7, 11) is 1.41. The Morgan fingerprint density at radius 3 is 2.51 bits per heavy atom. The number of benzene rings is 1. The van der Waals surface area contributed by atoms with Crippen molar-refractivity contribution >= 4 is 23.2 Å². The van der Waals surface area contributed by atoms with E-state index in [1.54, 1.807) is 30.5 Å². The molecule has 4 rings (SSSR count). The molecule has 3 aromatic heterocycles. The molecule has 0 radical (unpaired) electrons. The predicted molar refractivity (Wildman–Crippen MR) is 117 cm³/mol. The van der Waals surface area contributed by atoms with E-state index in [0.717, 1.165) is 16.8 Å². The van der Waals surface area contributed by atoms with Crippen LogP contribution in [-0.2, 0) is 6.18 Å². The Balaban J connectivity index is 1.45. The molecule has 0 aliphatic carbocycles.